The number of hydrogen-bond donors (Lipinski definition) is 0. The average molecular weight is 222 g/mol. The number of aromatic nitrogens is 1. The number of carbonyl (C=O) groups excluding carboxylic acids is 1. The summed E-state index contributed by atoms with van der Waals surface area (Å²) in [5.41, 5.74) is 2.05. The molecule has 0 saturated carbocycles. The fourth-order valence-electron chi connectivity index (χ4n) is 1.29. The van der Waals surface area contributed by atoms with E-state index in [1.165, 1.54) is 6.08 Å². The molecule has 0 unspecified atom stereocenters. The van der Waals surface area contributed by atoms with Gasteiger partial charge < -0.3 is 4.90 Å². The van der Waals surface area contributed by atoms with Crippen LogP contribution < -0.4 is 4.90 Å². The lowest BCUT2D eigenvalue weighted by Crippen LogP contribution is -2.11. The van der Waals surface area contributed by atoms with E-state index in [4.69, 9.17) is 0 Å². The van der Waals surface area contributed by atoms with Gasteiger partial charge in [0, 0.05) is 31.5 Å². The molecule has 0 fully saturated rings. The van der Waals surface area contributed by atoms with Crippen molar-refractivity contribution in [1.82, 2.24) is 4.98 Å². The molecule has 0 atom stereocenters. The summed E-state index contributed by atoms with van der Waals surface area (Å²) in [6.45, 7) is 0. The van der Waals surface area contributed by atoms with E-state index in [-0.39, 0.29) is 0 Å². The largest absolute Gasteiger partial charge is 0.377 e. The topological polar surface area (TPSA) is 33.2 Å². The molecular formula is C11H14N2OS. The van der Waals surface area contributed by atoms with Crippen molar-refractivity contribution in [3.8, 4) is 0 Å². The number of carbonyl (C=O) groups is 1. The summed E-state index contributed by atoms with van der Waals surface area (Å²) in [6.07, 6.45) is 7.81. The summed E-state index contributed by atoms with van der Waals surface area (Å²) >= 11 is 1.57. The zero-order valence-electron chi connectivity index (χ0n) is 9.10. The minimum absolute atomic E-state index is 0.774. The minimum Gasteiger partial charge on any atom is -0.377 e. The van der Waals surface area contributed by atoms with E-state index in [1.54, 1.807) is 24.0 Å². The van der Waals surface area contributed by atoms with E-state index < -0.39 is 0 Å². The molecule has 0 aliphatic carbocycles. The van der Waals surface area contributed by atoms with Gasteiger partial charge in [-0.05, 0) is 24.5 Å². The molecule has 3 nitrogen and oxygen atoms in total. The Labute approximate surface area is 94.2 Å². The van der Waals surface area contributed by atoms with Gasteiger partial charge in [-0.25, -0.2) is 4.98 Å². The summed E-state index contributed by atoms with van der Waals surface area (Å²) in [6, 6.07) is 1.93. The zero-order chi connectivity index (χ0) is 11.3. The smallest absolute Gasteiger partial charge is 0.142 e. The molecule has 1 heterocycles. The highest BCUT2D eigenvalue weighted by Gasteiger charge is 2.07. The summed E-state index contributed by atoms with van der Waals surface area (Å²) in [5.74, 6) is 0. The molecule has 0 saturated heterocycles. The van der Waals surface area contributed by atoms with E-state index >= 15 is 0 Å². The van der Waals surface area contributed by atoms with Crippen LogP contribution in [0.4, 0.5) is 5.69 Å². The number of hydrogen-bond acceptors (Lipinski definition) is 4. The van der Waals surface area contributed by atoms with Crippen LogP contribution in [-0.2, 0) is 4.79 Å². The Morgan fingerprint density at radius 1 is 1.47 bits per heavy atom. The first kappa shape index (κ1) is 11.8. The maximum atomic E-state index is 10.3. The van der Waals surface area contributed by atoms with Gasteiger partial charge in [-0.1, -0.05) is 0 Å². The maximum Gasteiger partial charge on any atom is 0.142 e. The summed E-state index contributed by atoms with van der Waals surface area (Å²) in [7, 11) is 3.94. The fourth-order valence-corrected chi connectivity index (χ4v) is 1.85. The predicted molar refractivity (Wildman–Crippen MR) is 65.4 cm³/mol. The Kier molecular flexibility index (Phi) is 4.37. The molecule has 1 aromatic heterocycles. The number of anilines is 1. The molecule has 0 amide bonds. The monoisotopic (exact) mass is 222 g/mol. The van der Waals surface area contributed by atoms with Gasteiger partial charge in [0.2, 0.25) is 0 Å². The van der Waals surface area contributed by atoms with E-state index in [2.05, 4.69) is 4.98 Å². The molecule has 80 valence electrons. The Bertz CT molecular complexity index is 375. The third-order valence-corrected chi connectivity index (χ3v) is 2.66. The van der Waals surface area contributed by atoms with Crippen LogP contribution in [0.5, 0.6) is 0 Å². The molecule has 0 aliphatic rings. The van der Waals surface area contributed by atoms with Crippen molar-refractivity contribution in [3.63, 3.8) is 0 Å². The Hall–Kier alpha value is -1.29. The second-order valence-electron chi connectivity index (χ2n) is 3.14. The van der Waals surface area contributed by atoms with Gasteiger partial charge >= 0.3 is 0 Å². The van der Waals surface area contributed by atoms with Crippen molar-refractivity contribution >= 4 is 29.8 Å². The van der Waals surface area contributed by atoms with Crippen LogP contribution in [0.3, 0.4) is 0 Å². The first-order valence-electron chi connectivity index (χ1n) is 4.53. The number of thioether (sulfide) groups is 1. The van der Waals surface area contributed by atoms with Crippen LogP contribution in [0.2, 0.25) is 0 Å². The third kappa shape index (κ3) is 2.83. The lowest BCUT2D eigenvalue weighted by Gasteiger charge is -2.16. The van der Waals surface area contributed by atoms with Gasteiger partial charge in [0.1, 0.15) is 11.3 Å². The molecule has 1 rings (SSSR count). The van der Waals surface area contributed by atoms with Gasteiger partial charge in [0.25, 0.3) is 0 Å². The van der Waals surface area contributed by atoms with Crippen LogP contribution in [0, 0.1) is 0 Å². The average Bonchev–Trinajstić information content (AvgIpc) is 2.25. The highest BCUT2D eigenvalue weighted by Crippen LogP contribution is 2.27. The van der Waals surface area contributed by atoms with E-state index in [0.29, 0.717) is 0 Å². The van der Waals surface area contributed by atoms with Gasteiger partial charge in [-0.15, -0.1) is 11.8 Å². The van der Waals surface area contributed by atoms with Crippen LogP contribution in [0.15, 0.2) is 23.4 Å². The number of allylic oxidation sites excluding steroid dienone is 1. The Balaban J connectivity index is 3.26. The Morgan fingerprint density at radius 3 is 2.73 bits per heavy atom. The third-order valence-electron chi connectivity index (χ3n) is 1.95. The predicted octanol–water partition coefficient (Wildman–Crippen LogP) is 2.08. The van der Waals surface area contributed by atoms with E-state index in [9.17, 15) is 4.79 Å². The summed E-state index contributed by atoms with van der Waals surface area (Å²) in [5, 5.41) is 0.930. The number of aldehydes is 1. The second-order valence-corrected chi connectivity index (χ2v) is 3.94. The molecule has 1 aromatic rings. The molecule has 0 N–H and O–H groups in total. The lowest BCUT2D eigenvalue weighted by atomic mass is 10.2. The minimum atomic E-state index is 0.774. The van der Waals surface area contributed by atoms with Crippen molar-refractivity contribution < 1.29 is 4.79 Å². The van der Waals surface area contributed by atoms with Gasteiger partial charge in [-0.2, -0.15) is 0 Å². The first-order valence-corrected chi connectivity index (χ1v) is 5.75. The van der Waals surface area contributed by atoms with Crippen LogP contribution in [0.25, 0.3) is 6.08 Å². The first-order chi connectivity index (χ1) is 7.20. The van der Waals surface area contributed by atoms with Crippen molar-refractivity contribution in [2.24, 2.45) is 0 Å². The summed E-state index contributed by atoms with van der Waals surface area (Å²) < 4.78 is 0. The second kappa shape index (κ2) is 5.56. The molecule has 0 aliphatic heterocycles. The number of pyridine rings is 1. The molecule has 0 aromatic carbocycles. The highest BCUT2D eigenvalue weighted by atomic mass is 32.2. The van der Waals surface area contributed by atoms with E-state index in [0.717, 1.165) is 22.6 Å². The van der Waals surface area contributed by atoms with Gasteiger partial charge in [0.05, 0.1) is 0 Å². The molecule has 0 spiro atoms. The van der Waals surface area contributed by atoms with Crippen LogP contribution in [0.1, 0.15) is 5.56 Å². The normalized spacial score (nSPS) is 10.6. The zero-order valence-corrected chi connectivity index (χ0v) is 9.91. The standard InChI is InChI=1S/C11H14N2OS/c1-13(2)10-6-7-12-11(15-3)9(10)5-4-8-14/h4-8H,1-3H3/b5-4+. The molecule has 15 heavy (non-hydrogen) atoms. The van der Waals surface area contributed by atoms with Crippen LogP contribution in [-0.4, -0.2) is 31.6 Å². The maximum absolute atomic E-state index is 10.3. The van der Waals surface area contributed by atoms with E-state index in [1.807, 2.05) is 31.3 Å². The number of nitrogens with zero attached hydrogens (tertiary/aromatic N) is 2. The fraction of sp³-hybridized carbons (Fsp3) is 0.273. The quantitative estimate of drug-likeness (QED) is 0.443. The Morgan fingerprint density at radius 2 is 2.20 bits per heavy atom. The molecular weight excluding hydrogens is 208 g/mol. The molecule has 0 bridgehead atoms. The van der Waals surface area contributed by atoms with Crippen molar-refractivity contribution in [1.29, 1.82) is 0 Å². The highest BCUT2D eigenvalue weighted by molar-refractivity contribution is 7.98. The molecule has 4 heteroatoms. The van der Waals surface area contributed by atoms with Crippen molar-refractivity contribution in [2.75, 3.05) is 25.3 Å². The van der Waals surface area contributed by atoms with Crippen LogP contribution >= 0.6 is 11.8 Å². The SMILES string of the molecule is CSc1nccc(N(C)C)c1/C=C/C=O. The molecule has 0 radical (unpaired) electrons. The van der Waals surface area contributed by atoms with Gasteiger partial charge in [0.15, 0.2) is 0 Å². The van der Waals surface area contributed by atoms with Gasteiger partial charge in [-0.3, -0.25) is 4.79 Å². The van der Waals surface area contributed by atoms with Crippen molar-refractivity contribution in [2.45, 2.75) is 5.03 Å². The van der Waals surface area contributed by atoms with Crippen molar-refractivity contribution in [3.05, 3.63) is 23.9 Å². The number of rotatable bonds is 4. The lowest BCUT2D eigenvalue weighted by molar-refractivity contribution is -0.104. The summed E-state index contributed by atoms with van der Waals surface area (Å²) in [4.78, 5) is 16.6.